The molecule has 0 radical (unpaired) electrons. The van der Waals surface area contributed by atoms with Gasteiger partial charge in [-0.05, 0) is 29.8 Å². The maximum atomic E-state index is 12.5. The van der Waals surface area contributed by atoms with Gasteiger partial charge >= 0.3 is 0 Å². The van der Waals surface area contributed by atoms with Crippen molar-refractivity contribution in [3.05, 3.63) is 53.6 Å². The highest BCUT2D eigenvalue weighted by Crippen LogP contribution is 2.40. The van der Waals surface area contributed by atoms with E-state index in [0.717, 1.165) is 11.1 Å². The molecule has 2 amide bonds. The van der Waals surface area contributed by atoms with E-state index in [2.05, 4.69) is 10.6 Å². The first-order valence-corrected chi connectivity index (χ1v) is 8.39. The molecule has 0 spiro atoms. The van der Waals surface area contributed by atoms with E-state index < -0.39 is 0 Å². The van der Waals surface area contributed by atoms with Crippen LogP contribution in [0.2, 0.25) is 0 Å². The van der Waals surface area contributed by atoms with Crippen LogP contribution in [0.3, 0.4) is 0 Å². The number of amides is 2. The van der Waals surface area contributed by atoms with Crippen molar-refractivity contribution in [2.75, 3.05) is 23.8 Å². The quantitative estimate of drug-likeness (QED) is 0.642. The molecular formula is C20H18N2O4. The molecule has 4 rings (SSSR count). The van der Waals surface area contributed by atoms with Crippen molar-refractivity contribution in [2.45, 2.75) is 13.0 Å². The van der Waals surface area contributed by atoms with Gasteiger partial charge in [-0.3, -0.25) is 9.59 Å². The number of carbonyl (C=O) groups excluding carboxylic acids is 2. The number of hydrogen-bond donors (Lipinski definition) is 2. The first kappa shape index (κ1) is 16.4. The van der Waals surface area contributed by atoms with Crippen molar-refractivity contribution < 1.29 is 19.1 Å². The summed E-state index contributed by atoms with van der Waals surface area (Å²) in [6.45, 7) is 2.62. The number of anilines is 2. The summed E-state index contributed by atoms with van der Waals surface area (Å²) in [5.74, 6) is 0.275. The molecule has 6 heteroatoms. The summed E-state index contributed by atoms with van der Waals surface area (Å²) < 4.78 is 11.0. The largest absolute Gasteiger partial charge is 0.490 e. The Balaban J connectivity index is 1.73. The van der Waals surface area contributed by atoms with Crippen LogP contribution in [0.25, 0.3) is 11.6 Å². The summed E-state index contributed by atoms with van der Waals surface area (Å²) in [7, 11) is 0. The van der Waals surface area contributed by atoms with Gasteiger partial charge in [0.15, 0.2) is 0 Å². The van der Waals surface area contributed by atoms with Crippen molar-refractivity contribution >= 4 is 34.8 Å². The molecule has 2 aliphatic heterocycles. The standard InChI is InChI=1S/C20H18N2O4/c1-12(23)21-16-6-3-2-5-13(16)9-15-19-17(22-20(15)24)7-4-8-18(19)26-11-14-10-25-14/h2-9,14H,10-11H2,1H3,(H,21,23)(H,22,24)/b15-9+. The Labute approximate surface area is 150 Å². The predicted molar refractivity (Wildman–Crippen MR) is 98.9 cm³/mol. The van der Waals surface area contributed by atoms with Crippen LogP contribution in [0.15, 0.2) is 42.5 Å². The minimum Gasteiger partial charge on any atom is -0.490 e. The number of benzene rings is 2. The Morgan fingerprint density at radius 3 is 2.88 bits per heavy atom. The van der Waals surface area contributed by atoms with Crippen LogP contribution in [-0.4, -0.2) is 31.1 Å². The lowest BCUT2D eigenvalue weighted by atomic mass is 10.0. The van der Waals surface area contributed by atoms with Gasteiger partial charge in [-0.2, -0.15) is 0 Å². The van der Waals surface area contributed by atoms with E-state index in [9.17, 15) is 9.59 Å². The Morgan fingerprint density at radius 1 is 1.31 bits per heavy atom. The third kappa shape index (κ3) is 3.32. The normalized spacial score (nSPS) is 19.0. The van der Waals surface area contributed by atoms with Crippen LogP contribution < -0.4 is 15.4 Å². The average Bonchev–Trinajstić information content (AvgIpc) is 3.38. The van der Waals surface area contributed by atoms with Gasteiger partial charge in [0.25, 0.3) is 5.91 Å². The number of carbonyl (C=O) groups is 2. The molecule has 26 heavy (non-hydrogen) atoms. The van der Waals surface area contributed by atoms with Crippen LogP contribution >= 0.6 is 0 Å². The first-order valence-electron chi connectivity index (χ1n) is 8.39. The lowest BCUT2D eigenvalue weighted by Gasteiger charge is -2.10. The molecule has 1 atom stereocenters. The topological polar surface area (TPSA) is 80.0 Å². The zero-order chi connectivity index (χ0) is 18.1. The molecular weight excluding hydrogens is 332 g/mol. The number of epoxide rings is 1. The maximum absolute atomic E-state index is 12.5. The number of hydrogen-bond acceptors (Lipinski definition) is 4. The van der Waals surface area contributed by atoms with Crippen LogP contribution in [0, 0.1) is 0 Å². The number of nitrogens with one attached hydrogen (secondary N) is 2. The molecule has 2 heterocycles. The fourth-order valence-corrected chi connectivity index (χ4v) is 2.90. The van der Waals surface area contributed by atoms with E-state index in [4.69, 9.17) is 9.47 Å². The summed E-state index contributed by atoms with van der Waals surface area (Å²) in [4.78, 5) is 24.0. The maximum Gasteiger partial charge on any atom is 0.256 e. The van der Waals surface area contributed by atoms with Gasteiger partial charge in [0, 0.05) is 12.6 Å². The second-order valence-corrected chi connectivity index (χ2v) is 6.23. The molecule has 0 bridgehead atoms. The first-order chi connectivity index (χ1) is 12.6. The van der Waals surface area contributed by atoms with Gasteiger partial charge in [-0.1, -0.05) is 24.3 Å². The monoisotopic (exact) mass is 350 g/mol. The van der Waals surface area contributed by atoms with E-state index >= 15 is 0 Å². The molecule has 132 valence electrons. The fraction of sp³-hybridized carbons (Fsp3) is 0.200. The molecule has 2 aromatic rings. The summed E-state index contributed by atoms with van der Waals surface area (Å²) in [5, 5.41) is 5.65. The van der Waals surface area contributed by atoms with Gasteiger partial charge in [0.1, 0.15) is 18.5 Å². The molecule has 0 aliphatic carbocycles. The Morgan fingerprint density at radius 2 is 2.12 bits per heavy atom. The third-order valence-corrected chi connectivity index (χ3v) is 4.19. The number of ether oxygens (including phenoxy) is 2. The number of fused-ring (bicyclic) bond motifs is 1. The average molecular weight is 350 g/mol. The molecule has 1 fully saturated rings. The number of rotatable bonds is 5. The van der Waals surface area contributed by atoms with Gasteiger partial charge in [-0.15, -0.1) is 0 Å². The molecule has 1 saturated heterocycles. The van der Waals surface area contributed by atoms with E-state index in [1.807, 2.05) is 36.4 Å². The van der Waals surface area contributed by atoms with Gasteiger partial charge in [0.2, 0.25) is 5.91 Å². The molecule has 0 aromatic heterocycles. The van der Waals surface area contributed by atoms with Crippen molar-refractivity contribution in [1.82, 2.24) is 0 Å². The Bertz CT molecular complexity index is 916. The highest BCUT2D eigenvalue weighted by Gasteiger charge is 2.29. The molecule has 2 aliphatic rings. The van der Waals surface area contributed by atoms with Crippen molar-refractivity contribution in [3.63, 3.8) is 0 Å². The van der Waals surface area contributed by atoms with Crippen molar-refractivity contribution in [3.8, 4) is 5.75 Å². The molecule has 2 aromatic carbocycles. The lowest BCUT2D eigenvalue weighted by Crippen LogP contribution is -2.08. The SMILES string of the molecule is CC(=O)Nc1ccccc1/C=C1/C(=O)Nc2cccc(OCC3CO3)c21. The van der Waals surface area contributed by atoms with E-state index in [-0.39, 0.29) is 17.9 Å². The smallest absolute Gasteiger partial charge is 0.256 e. The summed E-state index contributed by atoms with van der Waals surface area (Å²) >= 11 is 0. The van der Waals surface area contributed by atoms with Crippen molar-refractivity contribution in [1.29, 1.82) is 0 Å². The second kappa shape index (κ2) is 6.65. The third-order valence-electron chi connectivity index (χ3n) is 4.19. The van der Waals surface area contributed by atoms with Crippen LogP contribution in [0.4, 0.5) is 11.4 Å². The second-order valence-electron chi connectivity index (χ2n) is 6.23. The highest BCUT2D eigenvalue weighted by atomic mass is 16.6. The van der Waals surface area contributed by atoms with Crippen LogP contribution in [0.1, 0.15) is 18.1 Å². The van der Waals surface area contributed by atoms with Gasteiger partial charge in [0.05, 0.1) is 23.4 Å². The van der Waals surface area contributed by atoms with Crippen molar-refractivity contribution in [2.24, 2.45) is 0 Å². The van der Waals surface area contributed by atoms with Gasteiger partial charge < -0.3 is 20.1 Å². The summed E-state index contributed by atoms with van der Waals surface area (Å²) in [5.41, 5.74) is 3.35. The zero-order valence-electron chi connectivity index (χ0n) is 14.2. The van der Waals surface area contributed by atoms with E-state index in [0.29, 0.717) is 35.9 Å². The Kier molecular flexibility index (Phi) is 4.18. The lowest BCUT2D eigenvalue weighted by molar-refractivity contribution is -0.114. The number of para-hydroxylation sites is 1. The predicted octanol–water partition coefficient (Wildman–Crippen LogP) is 2.92. The van der Waals surface area contributed by atoms with E-state index in [1.54, 1.807) is 12.1 Å². The summed E-state index contributed by atoms with van der Waals surface area (Å²) in [6.07, 6.45) is 1.90. The fourth-order valence-electron chi connectivity index (χ4n) is 2.90. The zero-order valence-corrected chi connectivity index (χ0v) is 14.2. The molecule has 2 N–H and O–H groups in total. The Hall–Kier alpha value is -3.12. The minimum atomic E-state index is -0.198. The molecule has 0 saturated carbocycles. The molecule has 6 nitrogen and oxygen atoms in total. The van der Waals surface area contributed by atoms with Crippen LogP contribution in [-0.2, 0) is 14.3 Å². The van der Waals surface area contributed by atoms with Crippen LogP contribution in [0.5, 0.6) is 5.75 Å². The molecule has 1 unspecified atom stereocenters. The van der Waals surface area contributed by atoms with E-state index in [1.165, 1.54) is 6.92 Å². The minimum absolute atomic E-state index is 0.129. The van der Waals surface area contributed by atoms with Gasteiger partial charge in [-0.25, -0.2) is 0 Å². The highest BCUT2D eigenvalue weighted by molar-refractivity contribution is 6.35. The summed E-state index contributed by atoms with van der Waals surface area (Å²) in [6, 6.07) is 12.9.